The first-order chi connectivity index (χ1) is 9.46. The van der Waals surface area contributed by atoms with Gasteiger partial charge in [-0.05, 0) is 37.6 Å². The second-order valence-corrected chi connectivity index (χ2v) is 5.36. The van der Waals surface area contributed by atoms with Crippen molar-refractivity contribution in [1.29, 1.82) is 0 Å². The largest absolute Gasteiger partial charge is 0.465 e. The summed E-state index contributed by atoms with van der Waals surface area (Å²) in [6.45, 7) is 3.66. The van der Waals surface area contributed by atoms with Crippen molar-refractivity contribution in [3.63, 3.8) is 0 Å². The standard InChI is InChI=1S/C14H21F3N2O/c1-2-12-3-4-13(20-12)8-18-7-11-5-6-19(9-11)10-14(15,16)17/h3-4,11,18H,2,5-10H2,1H3. The second kappa shape index (κ2) is 6.63. The van der Waals surface area contributed by atoms with Crippen molar-refractivity contribution < 1.29 is 17.6 Å². The summed E-state index contributed by atoms with van der Waals surface area (Å²) in [5.74, 6) is 2.13. The molecule has 0 aliphatic carbocycles. The van der Waals surface area contributed by atoms with Crippen molar-refractivity contribution in [3.8, 4) is 0 Å². The van der Waals surface area contributed by atoms with Gasteiger partial charge in [0.25, 0.3) is 0 Å². The smallest absolute Gasteiger partial charge is 0.401 e. The Morgan fingerprint density at radius 1 is 1.35 bits per heavy atom. The van der Waals surface area contributed by atoms with Gasteiger partial charge in [-0.15, -0.1) is 0 Å². The van der Waals surface area contributed by atoms with Gasteiger partial charge in [-0.3, -0.25) is 4.90 Å². The number of halogens is 3. The highest BCUT2D eigenvalue weighted by Crippen LogP contribution is 2.22. The van der Waals surface area contributed by atoms with Crippen LogP contribution in [0.25, 0.3) is 0 Å². The Labute approximate surface area is 117 Å². The van der Waals surface area contributed by atoms with Crippen LogP contribution in [0.2, 0.25) is 0 Å². The summed E-state index contributed by atoms with van der Waals surface area (Å²) in [6, 6.07) is 3.90. The Morgan fingerprint density at radius 2 is 2.10 bits per heavy atom. The number of furan rings is 1. The third kappa shape index (κ3) is 4.83. The van der Waals surface area contributed by atoms with Gasteiger partial charge in [-0.2, -0.15) is 13.2 Å². The molecule has 0 bridgehead atoms. The fourth-order valence-corrected chi connectivity index (χ4v) is 2.58. The molecule has 1 unspecified atom stereocenters. The first-order valence-electron chi connectivity index (χ1n) is 7.03. The first kappa shape index (κ1) is 15.4. The lowest BCUT2D eigenvalue weighted by atomic mass is 10.1. The van der Waals surface area contributed by atoms with Crippen LogP contribution in [0, 0.1) is 5.92 Å². The van der Waals surface area contributed by atoms with Crippen molar-refractivity contribution in [2.24, 2.45) is 5.92 Å². The molecule has 0 aromatic carbocycles. The van der Waals surface area contributed by atoms with Crippen molar-refractivity contribution in [2.75, 3.05) is 26.2 Å². The first-order valence-corrected chi connectivity index (χ1v) is 7.03. The van der Waals surface area contributed by atoms with E-state index in [-0.39, 0.29) is 5.92 Å². The van der Waals surface area contributed by atoms with E-state index in [4.69, 9.17) is 4.42 Å². The van der Waals surface area contributed by atoms with Crippen LogP contribution in [0.5, 0.6) is 0 Å². The van der Waals surface area contributed by atoms with E-state index in [1.807, 2.05) is 19.1 Å². The van der Waals surface area contributed by atoms with E-state index in [2.05, 4.69) is 5.32 Å². The summed E-state index contributed by atoms with van der Waals surface area (Å²) >= 11 is 0. The van der Waals surface area contributed by atoms with Gasteiger partial charge in [0, 0.05) is 13.0 Å². The number of rotatable bonds is 6. The third-order valence-corrected chi connectivity index (χ3v) is 3.57. The fraction of sp³-hybridized carbons (Fsp3) is 0.714. The number of alkyl halides is 3. The predicted molar refractivity (Wildman–Crippen MR) is 70.4 cm³/mol. The average Bonchev–Trinajstić information content (AvgIpc) is 2.97. The van der Waals surface area contributed by atoms with Crippen LogP contribution >= 0.6 is 0 Å². The molecule has 114 valence electrons. The molecule has 0 radical (unpaired) electrons. The van der Waals surface area contributed by atoms with E-state index in [9.17, 15) is 13.2 Å². The SMILES string of the molecule is CCc1ccc(CNCC2CCN(CC(F)(F)F)C2)o1. The lowest BCUT2D eigenvalue weighted by Crippen LogP contribution is -2.33. The minimum atomic E-state index is -4.09. The molecule has 1 aliphatic heterocycles. The normalized spacial score (nSPS) is 20.7. The minimum absolute atomic E-state index is 0.290. The third-order valence-electron chi connectivity index (χ3n) is 3.57. The van der Waals surface area contributed by atoms with Crippen molar-refractivity contribution in [1.82, 2.24) is 10.2 Å². The lowest BCUT2D eigenvalue weighted by molar-refractivity contribution is -0.143. The zero-order chi connectivity index (χ0) is 14.6. The van der Waals surface area contributed by atoms with Crippen molar-refractivity contribution in [2.45, 2.75) is 32.5 Å². The van der Waals surface area contributed by atoms with Gasteiger partial charge in [0.15, 0.2) is 0 Å². The molecule has 1 atom stereocenters. The number of likely N-dealkylation sites (tertiary alicyclic amines) is 1. The summed E-state index contributed by atoms with van der Waals surface area (Å²) in [4.78, 5) is 1.48. The van der Waals surface area contributed by atoms with Gasteiger partial charge in [0.05, 0.1) is 13.1 Å². The van der Waals surface area contributed by atoms with E-state index >= 15 is 0 Å². The van der Waals surface area contributed by atoms with Crippen LogP contribution in [0.15, 0.2) is 16.5 Å². The predicted octanol–water partition coefficient (Wildman–Crippen LogP) is 2.82. The van der Waals surface area contributed by atoms with Crippen molar-refractivity contribution >= 4 is 0 Å². The molecule has 20 heavy (non-hydrogen) atoms. The molecule has 6 heteroatoms. The van der Waals surface area contributed by atoms with Crippen LogP contribution in [-0.4, -0.2) is 37.3 Å². The zero-order valence-electron chi connectivity index (χ0n) is 11.7. The minimum Gasteiger partial charge on any atom is -0.465 e. The molecule has 3 nitrogen and oxygen atoms in total. The Hall–Kier alpha value is -1.01. The number of nitrogens with zero attached hydrogens (tertiary/aromatic N) is 1. The van der Waals surface area contributed by atoms with Crippen LogP contribution in [0.3, 0.4) is 0 Å². The highest BCUT2D eigenvalue weighted by molar-refractivity contribution is 5.06. The highest BCUT2D eigenvalue weighted by atomic mass is 19.4. The monoisotopic (exact) mass is 290 g/mol. The second-order valence-electron chi connectivity index (χ2n) is 5.36. The number of hydrogen-bond donors (Lipinski definition) is 1. The topological polar surface area (TPSA) is 28.4 Å². The van der Waals surface area contributed by atoms with Gasteiger partial charge in [-0.25, -0.2) is 0 Å². The number of aryl methyl sites for hydroxylation is 1. The molecule has 1 N–H and O–H groups in total. The number of nitrogens with one attached hydrogen (secondary N) is 1. The summed E-state index contributed by atoms with van der Waals surface area (Å²) < 4.78 is 42.4. The van der Waals surface area contributed by atoms with Crippen LogP contribution in [0.4, 0.5) is 13.2 Å². The molecule has 2 heterocycles. The van der Waals surface area contributed by atoms with E-state index < -0.39 is 12.7 Å². The Balaban J connectivity index is 1.65. The van der Waals surface area contributed by atoms with Crippen molar-refractivity contribution in [3.05, 3.63) is 23.7 Å². The molecule has 1 aromatic heterocycles. The molecule has 2 rings (SSSR count). The van der Waals surface area contributed by atoms with Gasteiger partial charge in [0.1, 0.15) is 11.5 Å². The molecule has 1 aromatic rings. The molecule has 1 saturated heterocycles. The van der Waals surface area contributed by atoms with Gasteiger partial charge >= 0.3 is 6.18 Å². The fourth-order valence-electron chi connectivity index (χ4n) is 2.58. The van der Waals surface area contributed by atoms with Gasteiger partial charge < -0.3 is 9.73 Å². The van der Waals surface area contributed by atoms with Gasteiger partial charge in [0.2, 0.25) is 0 Å². The van der Waals surface area contributed by atoms with E-state index in [0.29, 0.717) is 19.6 Å². The molecule has 0 spiro atoms. The Kier molecular flexibility index (Phi) is 5.10. The summed E-state index contributed by atoms with van der Waals surface area (Å²) in [7, 11) is 0. The average molecular weight is 290 g/mol. The molecule has 0 amide bonds. The molecular weight excluding hydrogens is 269 g/mol. The van der Waals surface area contributed by atoms with Crippen LogP contribution in [0.1, 0.15) is 24.9 Å². The lowest BCUT2D eigenvalue weighted by Gasteiger charge is -2.17. The maximum atomic E-state index is 12.3. The van der Waals surface area contributed by atoms with E-state index in [1.54, 1.807) is 0 Å². The van der Waals surface area contributed by atoms with Crippen LogP contribution in [-0.2, 0) is 13.0 Å². The molecular formula is C14H21F3N2O. The molecule has 1 aliphatic rings. The summed E-state index contributed by atoms with van der Waals surface area (Å²) in [5.41, 5.74) is 0. The Bertz CT molecular complexity index is 417. The quantitative estimate of drug-likeness (QED) is 0.873. The summed E-state index contributed by atoms with van der Waals surface area (Å²) in [5, 5.41) is 3.26. The molecule has 0 saturated carbocycles. The Morgan fingerprint density at radius 3 is 2.75 bits per heavy atom. The summed E-state index contributed by atoms with van der Waals surface area (Å²) in [6.07, 6.45) is -2.40. The van der Waals surface area contributed by atoms with Crippen LogP contribution < -0.4 is 5.32 Å². The maximum Gasteiger partial charge on any atom is 0.401 e. The van der Waals surface area contributed by atoms with E-state index in [0.717, 1.165) is 30.9 Å². The number of hydrogen-bond acceptors (Lipinski definition) is 3. The zero-order valence-corrected chi connectivity index (χ0v) is 11.7. The maximum absolute atomic E-state index is 12.3. The highest BCUT2D eigenvalue weighted by Gasteiger charge is 2.34. The molecule has 1 fully saturated rings. The van der Waals surface area contributed by atoms with Gasteiger partial charge in [-0.1, -0.05) is 6.92 Å². The van der Waals surface area contributed by atoms with E-state index in [1.165, 1.54) is 4.90 Å².